The van der Waals surface area contributed by atoms with Crippen molar-refractivity contribution in [1.29, 1.82) is 5.26 Å². The summed E-state index contributed by atoms with van der Waals surface area (Å²) in [6.45, 7) is 0. The molecule has 70 valence electrons. The van der Waals surface area contributed by atoms with Crippen LogP contribution < -0.4 is 11.2 Å². The maximum atomic E-state index is 11.4. The van der Waals surface area contributed by atoms with Gasteiger partial charge in [-0.15, -0.1) is 0 Å². The van der Waals surface area contributed by atoms with Gasteiger partial charge in [0, 0.05) is 7.05 Å². The third-order valence-electron chi connectivity index (χ3n) is 1.91. The van der Waals surface area contributed by atoms with Gasteiger partial charge >= 0.3 is 5.69 Å². The van der Waals surface area contributed by atoms with E-state index in [0.717, 1.165) is 9.13 Å². The molecule has 14 heavy (non-hydrogen) atoms. The number of nitriles is 1. The van der Waals surface area contributed by atoms with Crippen LogP contribution in [0.1, 0.15) is 0 Å². The molecule has 0 unspecified atom stereocenters. The minimum atomic E-state index is -0.570. The van der Waals surface area contributed by atoms with Crippen molar-refractivity contribution in [3.05, 3.63) is 27.2 Å². The topological polar surface area (TPSA) is 96.5 Å². The van der Waals surface area contributed by atoms with E-state index >= 15 is 0 Å². The smallest absolute Gasteiger partial charge is 0.290 e. The van der Waals surface area contributed by atoms with E-state index in [-0.39, 0.29) is 11.2 Å². The van der Waals surface area contributed by atoms with Crippen LogP contribution in [0.25, 0.3) is 11.2 Å². The van der Waals surface area contributed by atoms with Gasteiger partial charge < -0.3 is 0 Å². The molecule has 0 aliphatic carbocycles. The van der Waals surface area contributed by atoms with Gasteiger partial charge in [-0.05, 0) is 0 Å². The summed E-state index contributed by atoms with van der Waals surface area (Å²) in [5.41, 5.74) is -0.883. The van der Waals surface area contributed by atoms with E-state index in [1.54, 1.807) is 6.19 Å². The number of hydrogen-bond acceptors (Lipinski definition) is 4. The van der Waals surface area contributed by atoms with Crippen molar-refractivity contribution in [2.75, 3.05) is 0 Å². The van der Waals surface area contributed by atoms with Crippen LogP contribution in [0.2, 0.25) is 0 Å². The van der Waals surface area contributed by atoms with Crippen molar-refractivity contribution in [2.24, 2.45) is 7.05 Å². The van der Waals surface area contributed by atoms with Crippen molar-refractivity contribution < 1.29 is 0 Å². The minimum absolute atomic E-state index is 0.0775. The Balaban J connectivity index is 3.11. The van der Waals surface area contributed by atoms with Crippen LogP contribution in [0, 0.1) is 11.5 Å². The average Bonchev–Trinajstić information content (AvgIpc) is 2.57. The van der Waals surface area contributed by atoms with Crippen molar-refractivity contribution >= 4 is 11.2 Å². The highest BCUT2D eigenvalue weighted by atomic mass is 16.2. The monoisotopic (exact) mass is 191 g/mol. The van der Waals surface area contributed by atoms with E-state index in [1.807, 2.05) is 0 Å². The lowest BCUT2D eigenvalue weighted by molar-refractivity contribution is 0.788. The number of nitrogens with zero attached hydrogens (tertiary/aromatic N) is 4. The quantitative estimate of drug-likeness (QED) is 0.562. The molecule has 0 bridgehead atoms. The second-order valence-corrected chi connectivity index (χ2v) is 2.71. The average molecular weight is 191 g/mol. The van der Waals surface area contributed by atoms with E-state index < -0.39 is 11.2 Å². The Morgan fingerprint density at radius 2 is 2.29 bits per heavy atom. The highest BCUT2D eigenvalue weighted by Gasteiger charge is 2.09. The summed E-state index contributed by atoms with van der Waals surface area (Å²) in [6, 6.07) is 0. The van der Waals surface area contributed by atoms with E-state index in [0.29, 0.717) is 0 Å². The zero-order valence-corrected chi connectivity index (χ0v) is 7.18. The lowest BCUT2D eigenvalue weighted by atomic mass is 10.5. The second-order valence-electron chi connectivity index (χ2n) is 2.71. The van der Waals surface area contributed by atoms with E-state index in [2.05, 4.69) is 9.97 Å². The fourth-order valence-corrected chi connectivity index (χ4v) is 1.14. The molecule has 0 fully saturated rings. The van der Waals surface area contributed by atoms with Crippen LogP contribution in [-0.2, 0) is 7.05 Å². The number of fused-ring (bicyclic) bond motifs is 1. The Morgan fingerprint density at radius 3 is 2.93 bits per heavy atom. The predicted molar refractivity (Wildman–Crippen MR) is 46.6 cm³/mol. The highest BCUT2D eigenvalue weighted by Crippen LogP contribution is 1.99. The summed E-state index contributed by atoms with van der Waals surface area (Å²) in [5, 5.41) is 8.62. The molecule has 0 spiro atoms. The maximum absolute atomic E-state index is 11.4. The molecule has 2 aromatic heterocycles. The number of rotatable bonds is 0. The van der Waals surface area contributed by atoms with Gasteiger partial charge in [-0.25, -0.2) is 14.3 Å². The number of aromatic nitrogens is 4. The summed E-state index contributed by atoms with van der Waals surface area (Å²) >= 11 is 0. The SMILES string of the molecule is Cn1c(=O)[nH]c2c(ncn2C#N)c1=O. The first-order chi connectivity index (χ1) is 6.65. The van der Waals surface area contributed by atoms with Gasteiger partial charge in [0.2, 0.25) is 0 Å². The molecule has 0 atom stereocenters. The lowest BCUT2D eigenvalue weighted by Gasteiger charge is -1.94. The van der Waals surface area contributed by atoms with Crippen LogP contribution in [0.5, 0.6) is 0 Å². The molecule has 0 amide bonds. The molecule has 7 heteroatoms. The Morgan fingerprint density at radius 1 is 1.57 bits per heavy atom. The standard InChI is InChI=1S/C7H5N5O2/c1-11-6(13)4-5(10-7(11)14)12(2-8)3-9-4/h3H,1H3,(H,10,14). The Kier molecular flexibility index (Phi) is 1.51. The fraction of sp³-hybridized carbons (Fsp3) is 0.143. The third-order valence-corrected chi connectivity index (χ3v) is 1.91. The first kappa shape index (κ1) is 8.25. The molecule has 7 nitrogen and oxygen atoms in total. The van der Waals surface area contributed by atoms with Gasteiger partial charge in [0.25, 0.3) is 5.56 Å². The van der Waals surface area contributed by atoms with Crippen LogP contribution in [0.3, 0.4) is 0 Å². The van der Waals surface area contributed by atoms with Gasteiger partial charge in [0.05, 0.1) is 0 Å². The number of aromatic amines is 1. The normalized spacial score (nSPS) is 10.3. The molecule has 1 N–H and O–H groups in total. The van der Waals surface area contributed by atoms with Crippen LogP contribution in [-0.4, -0.2) is 19.1 Å². The summed E-state index contributed by atoms with van der Waals surface area (Å²) in [7, 11) is 1.34. The minimum Gasteiger partial charge on any atom is -0.290 e. The molecule has 0 aliphatic rings. The Hall–Kier alpha value is -2.36. The molecule has 2 rings (SSSR count). The first-order valence-corrected chi connectivity index (χ1v) is 3.71. The molecule has 2 heterocycles. The third kappa shape index (κ3) is 0.877. The van der Waals surface area contributed by atoms with Gasteiger partial charge in [0.1, 0.15) is 6.33 Å². The second kappa shape index (κ2) is 2.56. The van der Waals surface area contributed by atoms with Crippen LogP contribution in [0.15, 0.2) is 15.9 Å². The van der Waals surface area contributed by atoms with Gasteiger partial charge in [-0.2, -0.15) is 5.26 Å². The zero-order chi connectivity index (χ0) is 10.3. The molecule has 2 aromatic rings. The number of H-pyrrole nitrogens is 1. The van der Waals surface area contributed by atoms with E-state index in [1.165, 1.54) is 13.4 Å². The molecule has 0 radical (unpaired) electrons. The van der Waals surface area contributed by atoms with Crippen molar-refractivity contribution in [3.8, 4) is 6.19 Å². The highest BCUT2D eigenvalue weighted by molar-refractivity contribution is 5.69. The molecular formula is C7H5N5O2. The lowest BCUT2D eigenvalue weighted by Crippen LogP contribution is -2.32. The van der Waals surface area contributed by atoms with Crippen molar-refractivity contribution in [1.82, 2.24) is 19.1 Å². The largest absolute Gasteiger partial charge is 0.329 e. The van der Waals surface area contributed by atoms with E-state index in [9.17, 15) is 9.59 Å². The van der Waals surface area contributed by atoms with Crippen molar-refractivity contribution in [2.45, 2.75) is 0 Å². The van der Waals surface area contributed by atoms with Crippen LogP contribution >= 0.6 is 0 Å². The molecule has 0 saturated heterocycles. The maximum Gasteiger partial charge on any atom is 0.329 e. The summed E-state index contributed by atoms with van der Waals surface area (Å²) in [6.07, 6.45) is 2.94. The Bertz CT molecular complexity index is 653. The Labute approximate surface area is 76.8 Å². The summed E-state index contributed by atoms with van der Waals surface area (Å²) < 4.78 is 1.93. The van der Waals surface area contributed by atoms with Gasteiger partial charge in [-0.1, -0.05) is 0 Å². The summed E-state index contributed by atoms with van der Waals surface area (Å²) in [4.78, 5) is 28.7. The van der Waals surface area contributed by atoms with Gasteiger partial charge in [-0.3, -0.25) is 14.3 Å². The summed E-state index contributed by atoms with van der Waals surface area (Å²) in [5.74, 6) is 0. The number of imidazole rings is 1. The molecule has 0 aliphatic heterocycles. The number of nitrogens with one attached hydrogen (secondary N) is 1. The van der Waals surface area contributed by atoms with E-state index in [4.69, 9.17) is 5.26 Å². The molecule has 0 aromatic carbocycles. The fourth-order valence-electron chi connectivity index (χ4n) is 1.14. The van der Waals surface area contributed by atoms with Gasteiger partial charge in [0.15, 0.2) is 17.4 Å². The first-order valence-electron chi connectivity index (χ1n) is 3.71. The molecular weight excluding hydrogens is 186 g/mol. The number of hydrogen-bond donors (Lipinski definition) is 1. The zero-order valence-electron chi connectivity index (χ0n) is 7.18. The predicted octanol–water partition coefficient (Wildman–Crippen LogP) is -1.25. The van der Waals surface area contributed by atoms with Crippen molar-refractivity contribution in [3.63, 3.8) is 0 Å². The molecule has 0 saturated carbocycles. The van der Waals surface area contributed by atoms with Crippen LogP contribution in [0.4, 0.5) is 0 Å².